The van der Waals surface area contributed by atoms with Crippen molar-refractivity contribution in [1.82, 2.24) is 9.55 Å². The molecule has 0 saturated carbocycles. The van der Waals surface area contributed by atoms with E-state index >= 15 is 0 Å². The lowest BCUT2D eigenvalue weighted by Gasteiger charge is -2.20. The maximum atomic E-state index is 12.5. The second-order valence-electron chi connectivity index (χ2n) is 6.19. The van der Waals surface area contributed by atoms with E-state index in [1.54, 1.807) is 0 Å². The molecule has 1 aliphatic heterocycles. The second kappa shape index (κ2) is 7.88. The van der Waals surface area contributed by atoms with E-state index in [0.717, 1.165) is 4.57 Å². The standard InChI is InChI=1S/C15H19N2O11P/c1-25-8-3-6-7(4-9(8)26-2)17(15(21)16-13(6)20)14-12(19)11(18)10(28-14)5-27-29(22,23)24/h3-4,10-12,14,18-19H,5H2,1-2H3,(H,16,20,21)(H2,22,23,24)/t10-,11+,12-,14-/m1/s1. The number of nitrogens with one attached hydrogen (secondary N) is 1. The van der Waals surface area contributed by atoms with Gasteiger partial charge in [-0.05, 0) is 6.07 Å². The topological polar surface area (TPSA) is 190 Å². The van der Waals surface area contributed by atoms with E-state index in [1.165, 1.54) is 26.4 Å². The molecule has 0 unspecified atom stereocenters. The summed E-state index contributed by atoms with van der Waals surface area (Å²) in [6.45, 7) is -0.744. The summed E-state index contributed by atoms with van der Waals surface area (Å²) in [5.74, 6) is 0.407. The van der Waals surface area contributed by atoms with Crippen molar-refractivity contribution in [1.29, 1.82) is 0 Å². The van der Waals surface area contributed by atoms with Crippen LogP contribution in [0.3, 0.4) is 0 Å². The molecule has 0 amide bonds. The Hall–Kier alpha value is -2.25. The summed E-state index contributed by atoms with van der Waals surface area (Å²) in [7, 11) is -2.14. The number of phosphoric acid groups is 1. The molecule has 29 heavy (non-hydrogen) atoms. The van der Waals surface area contributed by atoms with E-state index in [4.69, 9.17) is 24.0 Å². The number of phosphoric ester groups is 1. The highest BCUT2D eigenvalue weighted by Crippen LogP contribution is 2.39. The zero-order chi connectivity index (χ0) is 21.5. The van der Waals surface area contributed by atoms with Crippen LogP contribution in [-0.4, -0.2) is 68.7 Å². The average Bonchev–Trinajstić information content (AvgIpc) is 2.93. The fourth-order valence-electron chi connectivity index (χ4n) is 3.09. The number of rotatable bonds is 6. The van der Waals surface area contributed by atoms with Crippen LogP contribution in [0.4, 0.5) is 0 Å². The number of H-pyrrole nitrogens is 1. The van der Waals surface area contributed by atoms with Crippen LogP contribution in [0, 0.1) is 0 Å². The van der Waals surface area contributed by atoms with Gasteiger partial charge in [0.15, 0.2) is 17.7 Å². The SMILES string of the molecule is COc1cc2c(=O)[nH]c(=O)n([C@@H]3O[C@H](COP(=O)(O)O)[C@H](O)[C@H]3O)c2cc1OC. The van der Waals surface area contributed by atoms with Gasteiger partial charge in [0.25, 0.3) is 5.56 Å². The first-order valence-electron chi connectivity index (χ1n) is 8.19. The summed E-state index contributed by atoms with van der Waals surface area (Å²) in [6.07, 6.45) is -6.13. The summed E-state index contributed by atoms with van der Waals surface area (Å²) < 4.78 is 31.8. The van der Waals surface area contributed by atoms with Crippen LogP contribution in [0.2, 0.25) is 0 Å². The van der Waals surface area contributed by atoms with E-state index in [1.807, 2.05) is 0 Å². The van der Waals surface area contributed by atoms with Gasteiger partial charge < -0.3 is 34.2 Å². The number of hydrogen-bond acceptors (Lipinski definition) is 9. The van der Waals surface area contributed by atoms with Crippen molar-refractivity contribution < 1.29 is 43.3 Å². The summed E-state index contributed by atoms with van der Waals surface area (Å²) in [6, 6.07) is 2.65. The van der Waals surface area contributed by atoms with Gasteiger partial charge in [0.05, 0.1) is 31.7 Å². The van der Waals surface area contributed by atoms with Crippen molar-refractivity contribution in [2.45, 2.75) is 24.5 Å². The third-order valence-electron chi connectivity index (χ3n) is 4.44. The van der Waals surface area contributed by atoms with Crippen LogP contribution in [0.15, 0.2) is 21.7 Å². The van der Waals surface area contributed by atoms with Crippen LogP contribution in [0.5, 0.6) is 11.5 Å². The lowest BCUT2D eigenvalue weighted by atomic mass is 10.1. The smallest absolute Gasteiger partial charge is 0.469 e. The van der Waals surface area contributed by atoms with Crippen LogP contribution < -0.4 is 20.7 Å². The third-order valence-corrected chi connectivity index (χ3v) is 4.93. The molecule has 0 aliphatic carbocycles. The molecule has 1 aliphatic rings. The highest BCUT2D eigenvalue weighted by molar-refractivity contribution is 7.46. The molecule has 4 atom stereocenters. The van der Waals surface area contributed by atoms with E-state index < -0.39 is 50.2 Å². The van der Waals surface area contributed by atoms with Crippen LogP contribution in [-0.2, 0) is 13.8 Å². The predicted octanol–water partition coefficient (Wildman–Crippen LogP) is -1.56. The molecule has 0 bridgehead atoms. The first kappa shape index (κ1) is 21.5. The third kappa shape index (κ3) is 4.07. The molecular weight excluding hydrogens is 415 g/mol. The number of nitrogens with zero attached hydrogens (tertiary/aromatic N) is 1. The van der Waals surface area contributed by atoms with Gasteiger partial charge in [-0.1, -0.05) is 0 Å². The Kier molecular flexibility index (Phi) is 5.83. The van der Waals surface area contributed by atoms with Crippen molar-refractivity contribution in [3.8, 4) is 11.5 Å². The van der Waals surface area contributed by atoms with Crippen molar-refractivity contribution in [2.24, 2.45) is 0 Å². The number of ether oxygens (including phenoxy) is 3. The number of fused-ring (bicyclic) bond motifs is 1. The molecule has 1 aromatic heterocycles. The van der Waals surface area contributed by atoms with E-state index in [2.05, 4.69) is 9.51 Å². The molecule has 160 valence electrons. The minimum Gasteiger partial charge on any atom is -0.493 e. The minimum absolute atomic E-state index is 0.0162. The van der Waals surface area contributed by atoms with Gasteiger partial charge in [-0.15, -0.1) is 0 Å². The first-order valence-corrected chi connectivity index (χ1v) is 9.72. The monoisotopic (exact) mass is 434 g/mol. The van der Waals surface area contributed by atoms with Gasteiger partial charge >= 0.3 is 13.5 Å². The molecule has 1 saturated heterocycles. The molecule has 2 aromatic rings. The number of hydrogen-bond donors (Lipinski definition) is 5. The molecule has 0 spiro atoms. The minimum atomic E-state index is -4.85. The highest BCUT2D eigenvalue weighted by atomic mass is 31.2. The Morgan fingerprint density at radius 3 is 2.34 bits per heavy atom. The second-order valence-corrected chi connectivity index (χ2v) is 7.43. The molecule has 1 aromatic carbocycles. The lowest BCUT2D eigenvalue weighted by molar-refractivity contribution is -0.0520. The van der Waals surface area contributed by atoms with Crippen LogP contribution >= 0.6 is 7.82 Å². The zero-order valence-electron chi connectivity index (χ0n) is 15.2. The van der Waals surface area contributed by atoms with E-state index in [0.29, 0.717) is 0 Å². The number of methoxy groups -OCH3 is 2. The Labute approximate surface area is 162 Å². The summed E-state index contributed by atoms with van der Waals surface area (Å²) in [5.41, 5.74) is -1.65. The highest BCUT2D eigenvalue weighted by Gasteiger charge is 2.45. The fourth-order valence-corrected chi connectivity index (χ4v) is 3.43. The molecule has 2 heterocycles. The van der Waals surface area contributed by atoms with Crippen molar-refractivity contribution >= 4 is 18.7 Å². The first-order chi connectivity index (χ1) is 13.6. The van der Waals surface area contributed by atoms with Crippen LogP contribution in [0.1, 0.15) is 6.23 Å². The lowest BCUT2D eigenvalue weighted by Crippen LogP contribution is -2.38. The Bertz CT molecular complexity index is 1070. The summed E-state index contributed by atoms with van der Waals surface area (Å²) in [4.78, 5) is 44.4. The zero-order valence-corrected chi connectivity index (χ0v) is 16.1. The average molecular weight is 434 g/mol. The summed E-state index contributed by atoms with van der Waals surface area (Å²) in [5, 5.41) is 20.5. The molecular formula is C15H19N2O11P. The van der Waals surface area contributed by atoms with Gasteiger partial charge in [0, 0.05) is 6.07 Å². The molecule has 14 heteroatoms. The number of aromatic nitrogens is 2. The predicted molar refractivity (Wildman–Crippen MR) is 95.9 cm³/mol. The quantitative estimate of drug-likeness (QED) is 0.330. The van der Waals surface area contributed by atoms with Gasteiger partial charge in [0.1, 0.15) is 18.3 Å². The number of aromatic amines is 1. The summed E-state index contributed by atoms with van der Waals surface area (Å²) >= 11 is 0. The molecule has 3 rings (SSSR count). The maximum Gasteiger partial charge on any atom is 0.469 e. The fraction of sp³-hybridized carbons (Fsp3) is 0.467. The van der Waals surface area contributed by atoms with E-state index in [-0.39, 0.29) is 22.4 Å². The van der Waals surface area contributed by atoms with Gasteiger partial charge in [-0.25, -0.2) is 9.36 Å². The number of aliphatic hydroxyl groups is 2. The Morgan fingerprint density at radius 1 is 1.14 bits per heavy atom. The number of aliphatic hydroxyl groups excluding tert-OH is 2. The van der Waals surface area contributed by atoms with Crippen molar-refractivity contribution in [2.75, 3.05) is 20.8 Å². The Balaban J connectivity index is 2.10. The number of benzene rings is 1. The van der Waals surface area contributed by atoms with Gasteiger partial charge in [0.2, 0.25) is 0 Å². The van der Waals surface area contributed by atoms with Crippen molar-refractivity contribution in [3.05, 3.63) is 33.0 Å². The van der Waals surface area contributed by atoms with Crippen molar-refractivity contribution in [3.63, 3.8) is 0 Å². The van der Waals surface area contributed by atoms with Crippen LogP contribution in [0.25, 0.3) is 10.9 Å². The molecule has 0 radical (unpaired) electrons. The molecule has 13 nitrogen and oxygen atoms in total. The molecule has 5 N–H and O–H groups in total. The normalized spacial score (nSPS) is 24.8. The van der Waals surface area contributed by atoms with E-state index in [9.17, 15) is 24.4 Å². The largest absolute Gasteiger partial charge is 0.493 e. The van der Waals surface area contributed by atoms with Gasteiger partial charge in [-0.3, -0.25) is 18.9 Å². The maximum absolute atomic E-state index is 12.5. The molecule has 1 fully saturated rings. The van der Waals surface area contributed by atoms with Gasteiger partial charge in [-0.2, -0.15) is 0 Å². The Morgan fingerprint density at radius 2 is 1.76 bits per heavy atom.